The van der Waals surface area contributed by atoms with E-state index in [0.29, 0.717) is 17.9 Å². The Kier molecular flexibility index (Phi) is 6.15. The molecule has 0 radical (unpaired) electrons. The molecule has 3 nitrogen and oxygen atoms in total. The number of nitrogens with two attached hydrogens (primary N) is 1. The summed E-state index contributed by atoms with van der Waals surface area (Å²) < 4.78 is 13.0. The number of nitrogens with one attached hydrogen (secondary N) is 1. The van der Waals surface area contributed by atoms with Gasteiger partial charge in [-0.2, -0.15) is 11.8 Å². The highest BCUT2D eigenvalue weighted by molar-refractivity contribution is 7.99. The molecule has 0 aromatic heterocycles. The summed E-state index contributed by atoms with van der Waals surface area (Å²) in [6, 6.07) is 4.94. The van der Waals surface area contributed by atoms with E-state index in [2.05, 4.69) is 5.32 Å². The number of benzene rings is 1. The maximum atomic E-state index is 13.0. The molecule has 0 aliphatic carbocycles. The van der Waals surface area contributed by atoms with Crippen molar-refractivity contribution in [1.82, 2.24) is 5.32 Å². The third-order valence-electron chi connectivity index (χ3n) is 2.33. The third kappa shape index (κ3) is 5.51. The average Bonchev–Trinajstić information content (AvgIpc) is 2.30. The highest BCUT2D eigenvalue weighted by Gasteiger charge is 2.04. The molecule has 0 aliphatic rings. The minimum atomic E-state index is -0.224. The van der Waals surface area contributed by atoms with Crippen LogP contribution in [0.1, 0.15) is 18.1 Å². The molecule has 0 aliphatic heterocycles. The number of rotatable bonds is 6. The molecule has 100 valence electrons. The van der Waals surface area contributed by atoms with Crippen LogP contribution in [-0.2, 0) is 11.3 Å². The monoisotopic (exact) mass is 270 g/mol. The summed E-state index contributed by atoms with van der Waals surface area (Å²) in [6.07, 6.45) is 0. The van der Waals surface area contributed by atoms with Crippen molar-refractivity contribution >= 4 is 17.7 Å². The van der Waals surface area contributed by atoms with Gasteiger partial charge in [0, 0.05) is 18.3 Å². The summed E-state index contributed by atoms with van der Waals surface area (Å²) >= 11 is 1.51. The quantitative estimate of drug-likeness (QED) is 0.829. The number of halogens is 1. The highest BCUT2D eigenvalue weighted by Crippen LogP contribution is 2.09. The van der Waals surface area contributed by atoms with Gasteiger partial charge in [0.25, 0.3) is 0 Å². The molecule has 1 atom stereocenters. The molecule has 1 aromatic carbocycles. The van der Waals surface area contributed by atoms with Gasteiger partial charge in [-0.3, -0.25) is 4.79 Å². The van der Waals surface area contributed by atoms with Crippen molar-refractivity contribution < 1.29 is 9.18 Å². The zero-order chi connectivity index (χ0) is 13.5. The van der Waals surface area contributed by atoms with Gasteiger partial charge in [0.1, 0.15) is 5.82 Å². The minimum absolute atomic E-state index is 0.0253. The molecule has 0 saturated heterocycles. The first kappa shape index (κ1) is 15.0. The predicted molar refractivity (Wildman–Crippen MR) is 74.0 cm³/mol. The lowest BCUT2D eigenvalue weighted by atomic mass is 10.1. The second-order valence-corrected chi connectivity index (χ2v) is 5.38. The van der Waals surface area contributed by atoms with Crippen LogP contribution in [0.25, 0.3) is 0 Å². The van der Waals surface area contributed by atoms with Crippen LogP contribution in [0.15, 0.2) is 18.2 Å². The summed E-state index contributed by atoms with van der Waals surface area (Å²) in [6.45, 7) is 4.05. The molecule has 18 heavy (non-hydrogen) atoms. The SMILES string of the molecule is Cc1cc(CNC(=O)CSCC(C)N)ccc1F. The van der Waals surface area contributed by atoms with Crippen LogP contribution in [0.3, 0.4) is 0 Å². The van der Waals surface area contributed by atoms with E-state index in [9.17, 15) is 9.18 Å². The molecule has 1 amide bonds. The van der Waals surface area contributed by atoms with Crippen molar-refractivity contribution in [2.45, 2.75) is 26.4 Å². The summed E-state index contributed by atoms with van der Waals surface area (Å²) in [5, 5.41) is 2.80. The van der Waals surface area contributed by atoms with Gasteiger partial charge in [-0.25, -0.2) is 4.39 Å². The van der Waals surface area contributed by atoms with Gasteiger partial charge in [0.2, 0.25) is 5.91 Å². The van der Waals surface area contributed by atoms with Crippen LogP contribution in [0.4, 0.5) is 4.39 Å². The number of hydrogen-bond donors (Lipinski definition) is 2. The van der Waals surface area contributed by atoms with E-state index in [1.54, 1.807) is 19.1 Å². The number of amides is 1. The zero-order valence-corrected chi connectivity index (χ0v) is 11.5. The van der Waals surface area contributed by atoms with Crippen LogP contribution in [0, 0.1) is 12.7 Å². The minimum Gasteiger partial charge on any atom is -0.351 e. The molecule has 1 rings (SSSR count). The second kappa shape index (κ2) is 7.38. The van der Waals surface area contributed by atoms with E-state index in [1.807, 2.05) is 6.92 Å². The van der Waals surface area contributed by atoms with E-state index in [1.165, 1.54) is 17.8 Å². The first-order chi connectivity index (χ1) is 8.49. The molecule has 0 fully saturated rings. The second-order valence-electron chi connectivity index (χ2n) is 4.35. The zero-order valence-electron chi connectivity index (χ0n) is 10.7. The van der Waals surface area contributed by atoms with Crippen molar-refractivity contribution in [3.8, 4) is 0 Å². The van der Waals surface area contributed by atoms with Gasteiger partial charge in [-0.05, 0) is 31.0 Å². The Bertz CT molecular complexity index is 410. The van der Waals surface area contributed by atoms with Gasteiger partial charge < -0.3 is 11.1 Å². The van der Waals surface area contributed by atoms with Crippen molar-refractivity contribution in [2.24, 2.45) is 5.73 Å². The lowest BCUT2D eigenvalue weighted by molar-refractivity contribution is -0.118. The number of hydrogen-bond acceptors (Lipinski definition) is 3. The van der Waals surface area contributed by atoms with Crippen molar-refractivity contribution in [1.29, 1.82) is 0 Å². The molecule has 0 bridgehead atoms. The molecule has 0 heterocycles. The predicted octanol–water partition coefficient (Wildman–Crippen LogP) is 1.83. The molecule has 1 aromatic rings. The fourth-order valence-electron chi connectivity index (χ4n) is 1.41. The molecule has 1 unspecified atom stereocenters. The average molecular weight is 270 g/mol. The van der Waals surface area contributed by atoms with E-state index in [0.717, 1.165) is 11.3 Å². The summed E-state index contributed by atoms with van der Waals surface area (Å²) in [4.78, 5) is 11.5. The van der Waals surface area contributed by atoms with Crippen LogP contribution >= 0.6 is 11.8 Å². The number of aryl methyl sites for hydroxylation is 1. The molecule has 0 spiro atoms. The lowest BCUT2D eigenvalue weighted by Gasteiger charge is -2.07. The number of carbonyl (C=O) groups is 1. The largest absolute Gasteiger partial charge is 0.351 e. The lowest BCUT2D eigenvalue weighted by Crippen LogP contribution is -2.26. The first-order valence-corrected chi connectivity index (χ1v) is 6.99. The van der Waals surface area contributed by atoms with Gasteiger partial charge in [-0.15, -0.1) is 0 Å². The summed E-state index contributed by atoms with van der Waals surface area (Å²) in [7, 11) is 0. The standard InChI is InChI=1S/C13H19FN2OS/c1-9-5-11(3-4-12(9)14)6-16-13(17)8-18-7-10(2)15/h3-5,10H,6-8,15H2,1-2H3,(H,16,17). The molecular weight excluding hydrogens is 251 g/mol. The Morgan fingerprint density at radius 3 is 2.89 bits per heavy atom. The Hall–Kier alpha value is -1.07. The van der Waals surface area contributed by atoms with Gasteiger partial charge >= 0.3 is 0 Å². The van der Waals surface area contributed by atoms with Gasteiger partial charge in [0.05, 0.1) is 5.75 Å². The number of thioether (sulfide) groups is 1. The molecule has 0 saturated carbocycles. The van der Waals surface area contributed by atoms with Crippen LogP contribution in [0.5, 0.6) is 0 Å². The van der Waals surface area contributed by atoms with Crippen LogP contribution < -0.4 is 11.1 Å². The van der Waals surface area contributed by atoms with E-state index < -0.39 is 0 Å². The topological polar surface area (TPSA) is 55.1 Å². The molecule has 5 heteroatoms. The third-order valence-corrected chi connectivity index (χ3v) is 3.55. The first-order valence-electron chi connectivity index (χ1n) is 5.84. The van der Waals surface area contributed by atoms with Gasteiger partial charge in [0.15, 0.2) is 0 Å². The highest BCUT2D eigenvalue weighted by atomic mass is 32.2. The van der Waals surface area contributed by atoms with E-state index in [4.69, 9.17) is 5.73 Å². The Labute approximate surface area is 111 Å². The Morgan fingerprint density at radius 1 is 1.56 bits per heavy atom. The molecule has 3 N–H and O–H groups in total. The van der Waals surface area contributed by atoms with Crippen LogP contribution in [0.2, 0.25) is 0 Å². The van der Waals surface area contributed by atoms with E-state index in [-0.39, 0.29) is 17.8 Å². The molecular formula is C13H19FN2OS. The van der Waals surface area contributed by atoms with Crippen LogP contribution in [-0.4, -0.2) is 23.5 Å². The Balaban J connectivity index is 2.31. The van der Waals surface area contributed by atoms with Gasteiger partial charge in [-0.1, -0.05) is 12.1 Å². The van der Waals surface area contributed by atoms with Crippen molar-refractivity contribution in [3.63, 3.8) is 0 Å². The summed E-state index contributed by atoms with van der Waals surface area (Å²) in [5.41, 5.74) is 7.08. The van der Waals surface area contributed by atoms with Crippen molar-refractivity contribution in [3.05, 3.63) is 35.1 Å². The van der Waals surface area contributed by atoms with Crippen molar-refractivity contribution in [2.75, 3.05) is 11.5 Å². The maximum absolute atomic E-state index is 13.0. The normalized spacial score (nSPS) is 12.2. The number of carbonyl (C=O) groups excluding carboxylic acids is 1. The smallest absolute Gasteiger partial charge is 0.230 e. The maximum Gasteiger partial charge on any atom is 0.230 e. The summed E-state index contributed by atoms with van der Waals surface area (Å²) in [5.74, 6) is 0.922. The van der Waals surface area contributed by atoms with E-state index >= 15 is 0 Å². The fraction of sp³-hybridized carbons (Fsp3) is 0.462. The Morgan fingerprint density at radius 2 is 2.28 bits per heavy atom. The fourth-order valence-corrected chi connectivity index (χ4v) is 2.18.